The zero-order valence-electron chi connectivity index (χ0n) is 8.94. The summed E-state index contributed by atoms with van der Waals surface area (Å²) in [6.07, 6.45) is 1.06. The summed E-state index contributed by atoms with van der Waals surface area (Å²) in [5.74, 6) is 0. The van der Waals surface area contributed by atoms with E-state index < -0.39 is 6.10 Å². The lowest BCUT2D eigenvalue weighted by molar-refractivity contribution is 0.217. The van der Waals surface area contributed by atoms with Crippen LogP contribution in [0.4, 0.5) is 0 Å². The molecule has 0 amide bonds. The molecule has 0 aliphatic rings. The predicted octanol–water partition coefficient (Wildman–Crippen LogP) is 3.61. The van der Waals surface area contributed by atoms with Gasteiger partial charge in [0.25, 0.3) is 0 Å². The number of hydrogen-bond acceptors (Lipinski definition) is 2. The second kappa shape index (κ2) is 4.36. The van der Waals surface area contributed by atoms with E-state index in [4.69, 9.17) is 0 Å². The summed E-state index contributed by atoms with van der Waals surface area (Å²) in [6.45, 7) is 5.58. The van der Waals surface area contributed by atoms with Gasteiger partial charge in [0.2, 0.25) is 0 Å². The van der Waals surface area contributed by atoms with E-state index in [9.17, 15) is 5.11 Å². The number of hydrogen-bond donors (Lipinski definition) is 1. The van der Waals surface area contributed by atoms with Crippen molar-refractivity contribution in [2.75, 3.05) is 0 Å². The van der Waals surface area contributed by atoms with Crippen LogP contribution in [0.1, 0.15) is 18.6 Å². The lowest BCUT2D eigenvalue weighted by Crippen LogP contribution is -2.00. The van der Waals surface area contributed by atoms with Crippen LogP contribution in [0.3, 0.4) is 0 Å². The van der Waals surface area contributed by atoms with E-state index in [1.807, 2.05) is 31.2 Å². The lowest BCUT2D eigenvalue weighted by Gasteiger charge is -2.13. The van der Waals surface area contributed by atoms with Crippen molar-refractivity contribution in [3.63, 3.8) is 0 Å². The van der Waals surface area contributed by atoms with E-state index in [2.05, 4.69) is 27.5 Å². The first-order valence-corrected chi connectivity index (χ1v) is 5.77. The van der Waals surface area contributed by atoms with Crippen LogP contribution in [0.25, 0.3) is 10.9 Å². The number of pyridine rings is 1. The highest BCUT2D eigenvalue weighted by Crippen LogP contribution is 2.30. The Balaban J connectivity index is 2.72. The standard InChI is InChI=1S/C13H12BrNO/c1-8(2)13(16)10-5-6-11(14)9-4-3-7-15-12(9)10/h3-7,13,16H,1H2,2H3. The minimum Gasteiger partial charge on any atom is -0.384 e. The maximum atomic E-state index is 10.0. The summed E-state index contributed by atoms with van der Waals surface area (Å²) in [5, 5.41) is 11.0. The molecule has 0 saturated carbocycles. The first-order chi connectivity index (χ1) is 7.61. The maximum absolute atomic E-state index is 10.0. The lowest BCUT2D eigenvalue weighted by atomic mass is 10.0. The Labute approximate surface area is 103 Å². The molecule has 2 rings (SSSR count). The van der Waals surface area contributed by atoms with Crippen molar-refractivity contribution in [1.29, 1.82) is 0 Å². The van der Waals surface area contributed by atoms with E-state index >= 15 is 0 Å². The first-order valence-electron chi connectivity index (χ1n) is 4.98. The van der Waals surface area contributed by atoms with Gasteiger partial charge in [-0.25, -0.2) is 0 Å². The number of aromatic nitrogens is 1. The maximum Gasteiger partial charge on any atom is 0.102 e. The fraction of sp³-hybridized carbons (Fsp3) is 0.154. The van der Waals surface area contributed by atoms with Gasteiger partial charge < -0.3 is 5.11 Å². The predicted molar refractivity (Wildman–Crippen MR) is 69.2 cm³/mol. The third-order valence-electron chi connectivity index (χ3n) is 2.51. The average molecular weight is 278 g/mol. The number of halogens is 1. The molecule has 1 aromatic heterocycles. The second-order valence-electron chi connectivity index (χ2n) is 3.79. The number of aliphatic hydroxyl groups excluding tert-OH is 1. The van der Waals surface area contributed by atoms with Crippen LogP contribution in [-0.2, 0) is 0 Å². The minimum absolute atomic E-state index is 0.662. The zero-order valence-corrected chi connectivity index (χ0v) is 10.5. The number of rotatable bonds is 2. The molecule has 1 atom stereocenters. The topological polar surface area (TPSA) is 33.1 Å². The van der Waals surface area contributed by atoms with Gasteiger partial charge >= 0.3 is 0 Å². The summed E-state index contributed by atoms with van der Waals surface area (Å²) in [5.41, 5.74) is 2.33. The molecule has 2 nitrogen and oxygen atoms in total. The van der Waals surface area contributed by atoms with Crippen molar-refractivity contribution in [3.05, 3.63) is 52.7 Å². The Morgan fingerprint density at radius 1 is 1.44 bits per heavy atom. The van der Waals surface area contributed by atoms with Crippen molar-refractivity contribution in [1.82, 2.24) is 4.98 Å². The van der Waals surface area contributed by atoms with Gasteiger partial charge in [-0.3, -0.25) is 4.98 Å². The van der Waals surface area contributed by atoms with Gasteiger partial charge in [0.15, 0.2) is 0 Å². The molecule has 0 aliphatic heterocycles. The zero-order chi connectivity index (χ0) is 11.7. The van der Waals surface area contributed by atoms with Gasteiger partial charge in [0, 0.05) is 21.6 Å². The first kappa shape index (κ1) is 11.3. The van der Waals surface area contributed by atoms with Gasteiger partial charge in [0.05, 0.1) is 5.52 Å². The summed E-state index contributed by atoms with van der Waals surface area (Å²) in [4.78, 5) is 4.31. The van der Waals surface area contributed by atoms with Crippen molar-refractivity contribution < 1.29 is 5.11 Å². The monoisotopic (exact) mass is 277 g/mol. The van der Waals surface area contributed by atoms with Crippen LogP contribution in [0.2, 0.25) is 0 Å². The molecule has 82 valence electrons. The van der Waals surface area contributed by atoms with E-state index in [0.29, 0.717) is 5.57 Å². The SMILES string of the molecule is C=C(C)C(O)c1ccc(Br)c2cccnc12. The van der Waals surface area contributed by atoms with E-state index in [0.717, 1.165) is 20.9 Å². The number of fused-ring (bicyclic) bond motifs is 1. The van der Waals surface area contributed by atoms with E-state index in [-0.39, 0.29) is 0 Å². The van der Waals surface area contributed by atoms with Gasteiger partial charge in [0.1, 0.15) is 6.10 Å². The Morgan fingerprint density at radius 3 is 2.88 bits per heavy atom. The molecule has 1 heterocycles. The van der Waals surface area contributed by atoms with Gasteiger partial charge in [-0.2, -0.15) is 0 Å². The molecule has 2 aromatic rings. The fourth-order valence-electron chi connectivity index (χ4n) is 1.65. The molecule has 0 saturated heterocycles. The summed E-state index contributed by atoms with van der Waals surface area (Å²) in [7, 11) is 0. The highest BCUT2D eigenvalue weighted by Gasteiger charge is 2.13. The molecule has 0 aliphatic carbocycles. The number of aliphatic hydroxyl groups is 1. The molecule has 0 radical (unpaired) electrons. The fourth-order valence-corrected chi connectivity index (χ4v) is 2.10. The Bertz CT molecular complexity index is 551. The van der Waals surface area contributed by atoms with Crippen molar-refractivity contribution in [2.45, 2.75) is 13.0 Å². The van der Waals surface area contributed by atoms with Crippen LogP contribution in [-0.4, -0.2) is 10.1 Å². The van der Waals surface area contributed by atoms with Crippen LogP contribution in [0, 0.1) is 0 Å². The Morgan fingerprint density at radius 2 is 2.19 bits per heavy atom. The Kier molecular flexibility index (Phi) is 3.08. The summed E-state index contributed by atoms with van der Waals surface area (Å²) < 4.78 is 0.980. The van der Waals surface area contributed by atoms with Crippen LogP contribution in [0.15, 0.2) is 47.1 Å². The summed E-state index contributed by atoms with van der Waals surface area (Å²) in [6, 6.07) is 7.65. The van der Waals surface area contributed by atoms with Crippen molar-refractivity contribution in [3.8, 4) is 0 Å². The molecular weight excluding hydrogens is 266 g/mol. The summed E-state index contributed by atoms with van der Waals surface area (Å²) >= 11 is 3.47. The largest absolute Gasteiger partial charge is 0.384 e. The molecular formula is C13H12BrNO. The second-order valence-corrected chi connectivity index (χ2v) is 4.64. The molecule has 1 N–H and O–H groups in total. The van der Waals surface area contributed by atoms with Crippen molar-refractivity contribution in [2.24, 2.45) is 0 Å². The molecule has 1 aromatic carbocycles. The molecule has 3 heteroatoms. The van der Waals surface area contributed by atoms with Crippen LogP contribution >= 0.6 is 15.9 Å². The quantitative estimate of drug-likeness (QED) is 0.851. The molecule has 16 heavy (non-hydrogen) atoms. The van der Waals surface area contributed by atoms with Crippen LogP contribution < -0.4 is 0 Å². The molecule has 1 unspecified atom stereocenters. The number of benzene rings is 1. The molecule has 0 spiro atoms. The van der Waals surface area contributed by atoms with E-state index in [1.54, 1.807) is 6.20 Å². The average Bonchev–Trinajstić information content (AvgIpc) is 2.29. The Hall–Kier alpha value is -1.19. The van der Waals surface area contributed by atoms with E-state index in [1.165, 1.54) is 0 Å². The third kappa shape index (κ3) is 1.88. The smallest absolute Gasteiger partial charge is 0.102 e. The van der Waals surface area contributed by atoms with Gasteiger partial charge in [-0.1, -0.05) is 34.6 Å². The third-order valence-corrected chi connectivity index (χ3v) is 3.20. The van der Waals surface area contributed by atoms with Gasteiger partial charge in [-0.15, -0.1) is 0 Å². The van der Waals surface area contributed by atoms with Gasteiger partial charge in [-0.05, 0) is 24.6 Å². The molecule has 0 bridgehead atoms. The highest BCUT2D eigenvalue weighted by molar-refractivity contribution is 9.10. The normalized spacial score (nSPS) is 12.7. The molecule has 0 fully saturated rings. The highest BCUT2D eigenvalue weighted by atomic mass is 79.9. The van der Waals surface area contributed by atoms with Crippen LogP contribution in [0.5, 0.6) is 0 Å². The number of nitrogens with zero attached hydrogens (tertiary/aromatic N) is 1. The van der Waals surface area contributed by atoms with Crippen molar-refractivity contribution >= 4 is 26.8 Å². The minimum atomic E-state index is -0.662.